The van der Waals surface area contributed by atoms with E-state index in [1.807, 2.05) is 22.9 Å². The number of aromatic nitrogens is 2. The fourth-order valence-electron chi connectivity index (χ4n) is 4.35. The SMILES string of the molecule is CCCCc1nc(SC)c(C(=O)O)n1Cc1ccc(-c2ccccc2S(=O)(=O)NC(=O)OCc2ccccc2)cc1. The van der Waals surface area contributed by atoms with E-state index in [1.54, 1.807) is 65.4 Å². The fraction of sp³-hybridized carbons (Fsp3) is 0.233. The number of thioether (sulfide) groups is 1. The molecule has 0 unspecified atom stereocenters. The summed E-state index contributed by atoms with van der Waals surface area (Å²) in [5.41, 5.74) is 2.75. The molecule has 41 heavy (non-hydrogen) atoms. The van der Waals surface area contributed by atoms with E-state index in [2.05, 4.69) is 11.9 Å². The Morgan fingerprint density at radius 2 is 1.66 bits per heavy atom. The lowest BCUT2D eigenvalue weighted by molar-refractivity contribution is 0.0681. The number of imidazole rings is 1. The van der Waals surface area contributed by atoms with Crippen LogP contribution in [0.1, 0.15) is 47.2 Å². The highest BCUT2D eigenvalue weighted by Gasteiger charge is 2.24. The van der Waals surface area contributed by atoms with Crippen LogP contribution in [0.2, 0.25) is 0 Å². The number of unbranched alkanes of at least 4 members (excludes halogenated alkanes) is 1. The van der Waals surface area contributed by atoms with E-state index in [0.29, 0.717) is 29.1 Å². The molecule has 1 heterocycles. The maximum absolute atomic E-state index is 13.1. The van der Waals surface area contributed by atoms with Gasteiger partial charge in [-0.2, -0.15) is 0 Å². The van der Waals surface area contributed by atoms with Gasteiger partial charge in [-0.25, -0.2) is 27.7 Å². The van der Waals surface area contributed by atoms with Gasteiger partial charge < -0.3 is 14.4 Å². The Bertz CT molecular complexity index is 1620. The number of carbonyl (C=O) groups excluding carboxylic acids is 1. The van der Waals surface area contributed by atoms with Crippen LogP contribution in [0.3, 0.4) is 0 Å². The lowest BCUT2D eigenvalue weighted by Crippen LogP contribution is -2.31. The molecular formula is C30H31N3O6S2. The first kappa shape index (κ1) is 29.9. The van der Waals surface area contributed by atoms with Crippen LogP contribution >= 0.6 is 11.8 Å². The predicted octanol–water partition coefficient (Wildman–Crippen LogP) is 5.98. The number of aryl methyl sites for hydroxylation is 1. The summed E-state index contributed by atoms with van der Waals surface area (Å²) in [4.78, 5) is 28.9. The van der Waals surface area contributed by atoms with Gasteiger partial charge >= 0.3 is 12.1 Å². The zero-order valence-electron chi connectivity index (χ0n) is 22.7. The summed E-state index contributed by atoms with van der Waals surface area (Å²) < 4.78 is 35.1. The second-order valence-corrected chi connectivity index (χ2v) is 11.7. The van der Waals surface area contributed by atoms with Gasteiger partial charge in [-0.3, -0.25) is 0 Å². The van der Waals surface area contributed by atoms with Crippen molar-refractivity contribution in [2.75, 3.05) is 6.26 Å². The molecular weight excluding hydrogens is 562 g/mol. The smallest absolute Gasteiger partial charge is 0.421 e. The van der Waals surface area contributed by atoms with Crippen molar-refractivity contribution in [3.8, 4) is 11.1 Å². The average molecular weight is 594 g/mol. The molecule has 11 heteroatoms. The molecule has 4 aromatic rings. The van der Waals surface area contributed by atoms with Crippen LogP contribution in [0.15, 0.2) is 88.8 Å². The number of hydrogen-bond acceptors (Lipinski definition) is 7. The molecule has 0 saturated heterocycles. The van der Waals surface area contributed by atoms with E-state index in [9.17, 15) is 23.1 Å². The topological polar surface area (TPSA) is 128 Å². The highest BCUT2D eigenvalue weighted by Crippen LogP contribution is 2.29. The van der Waals surface area contributed by atoms with Crippen molar-refractivity contribution in [1.29, 1.82) is 0 Å². The summed E-state index contributed by atoms with van der Waals surface area (Å²) in [5.74, 6) is -0.311. The van der Waals surface area contributed by atoms with Crippen LogP contribution < -0.4 is 4.72 Å². The molecule has 1 aromatic heterocycles. The Morgan fingerprint density at radius 1 is 0.976 bits per heavy atom. The minimum absolute atomic E-state index is 0.0651. The predicted molar refractivity (Wildman–Crippen MR) is 158 cm³/mol. The van der Waals surface area contributed by atoms with Crippen molar-refractivity contribution < 1.29 is 27.9 Å². The second kappa shape index (κ2) is 13.5. The van der Waals surface area contributed by atoms with E-state index in [4.69, 9.17) is 4.74 Å². The lowest BCUT2D eigenvalue weighted by atomic mass is 10.0. The molecule has 0 aliphatic carbocycles. The van der Waals surface area contributed by atoms with Gasteiger partial charge in [-0.05, 0) is 35.4 Å². The molecule has 0 spiro atoms. The minimum atomic E-state index is -4.24. The van der Waals surface area contributed by atoms with Crippen LogP contribution in [0, 0.1) is 0 Å². The summed E-state index contributed by atoms with van der Waals surface area (Å²) in [6.45, 7) is 2.31. The molecule has 0 fully saturated rings. The monoisotopic (exact) mass is 593 g/mol. The number of benzene rings is 3. The van der Waals surface area contributed by atoms with Gasteiger partial charge in [0.1, 0.15) is 17.5 Å². The zero-order chi connectivity index (χ0) is 29.4. The number of hydrogen-bond donors (Lipinski definition) is 2. The number of carboxylic acids is 1. The van der Waals surface area contributed by atoms with E-state index in [1.165, 1.54) is 17.8 Å². The van der Waals surface area contributed by atoms with Crippen molar-refractivity contribution in [3.05, 3.63) is 102 Å². The number of rotatable bonds is 12. The quantitative estimate of drug-likeness (QED) is 0.192. The number of nitrogens with one attached hydrogen (secondary N) is 1. The van der Waals surface area contributed by atoms with Crippen LogP contribution in [-0.2, 0) is 34.3 Å². The zero-order valence-corrected chi connectivity index (χ0v) is 24.4. The Hall–Kier alpha value is -4.09. The summed E-state index contributed by atoms with van der Waals surface area (Å²) in [5, 5.41) is 10.4. The molecule has 0 bridgehead atoms. The lowest BCUT2D eigenvalue weighted by Gasteiger charge is -2.13. The third-order valence-electron chi connectivity index (χ3n) is 6.38. The Morgan fingerprint density at radius 3 is 2.32 bits per heavy atom. The van der Waals surface area contributed by atoms with E-state index in [-0.39, 0.29) is 17.2 Å². The first-order valence-corrected chi connectivity index (χ1v) is 15.7. The van der Waals surface area contributed by atoms with E-state index in [0.717, 1.165) is 29.8 Å². The van der Waals surface area contributed by atoms with Crippen LogP contribution in [-0.4, -0.2) is 41.4 Å². The van der Waals surface area contributed by atoms with E-state index < -0.39 is 22.1 Å². The fourth-order valence-corrected chi connectivity index (χ4v) is 6.06. The van der Waals surface area contributed by atoms with Crippen molar-refractivity contribution in [1.82, 2.24) is 14.3 Å². The number of carboxylic acid groups (broad SMARTS) is 1. The average Bonchev–Trinajstić information content (AvgIpc) is 3.33. The maximum Gasteiger partial charge on any atom is 0.421 e. The molecule has 1 amide bonds. The Labute approximate surface area is 243 Å². The first-order chi connectivity index (χ1) is 19.7. The number of sulfonamides is 1. The van der Waals surface area contributed by atoms with Gasteiger partial charge in [0.15, 0.2) is 5.69 Å². The second-order valence-electron chi connectivity index (χ2n) is 9.24. The molecule has 4 rings (SSSR count). The van der Waals surface area contributed by atoms with Gasteiger partial charge in [0.2, 0.25) is 0 Å². The number of amides is 1. The molecule has 3 aromatic carbocycles. The number of aromatic carboxylic acids is 1. The third-order valence-corrected chi connectivity index (χ3v) is 8.42. The van der Waals surface area contributed by atoms with Gasteiger partial charge in [0, 0.05) is 18.5 Å². The standard InChI is InChI=1S/C30H31N3O6S2/c1-3-4-14-26-31-28(40-2)27(29(34)35)33(26)19-21-15-17-23(18-16-21)24-12-8-9-13-25(24)41(37,38)32-30(36)39-20-22-10-6-5-7-11-22/h5-13,15-18H,3-4,14,19-20H2,1-2H3,(H,32,36)(H,34,35). The van der Waals surface area contributed by atoms with Crippen molar-refractivity contribution in [2.24, 2.45) is 0 Å². The number of carbonyl (C=O) groups is 2. The summed E-state index contributed by atoms with van der Waals surface area (Å²) in [7, 11) is -4.24. The highest BCUT2D eigenvalue weighted by molar-refractivity contribution is 7.98. The van der Waals surface area contributed by atoms with Crippen LogP contribution in [0.25, 0.3) is 11.1 Å². The maximum atomic E-state index is 13.1. The van der Waals surface area contributed by atoms with Gasteiger partial charge in [-0.15, -0.1) is 11.8 Å². The Kier molecular flexibility index (Phi) is 9.85. The normalized spacial score (nSPS) is 11.3. The van der Waals surface area contributed by atoms with Crippen LogP contribution in [0.5, 0.6) is 0 Å². The largest absolute Gasteiger partial charge is 0.476 e. The van der Waals surface area contributed by atoms with Crippen molar-refractivity contribution in [2.45, 2.75) is 49.3 Å². The summed E-state index contributed by atoms with van der Waals surface area (Å²) in [6.07, 6.45) is 3.25. The highest BCUT2D eigenvalue weighted by atomic mass is 32.2. The summed E-state index contributed by atoms with van der Waals surface area (Å²) >= 11 is 1.30. The molecule has 0 atom stereocenters. The molecule has 0 radical (unpaired) electrons. The third kappa shape index (κ3) is 7.36. The molecule has 0 aliphatic heterocycles. The Balaban J connectivity index is 1.55. The minimum Gasteiger partial charge on any atom is -0.476 e. The van der Waals surface area contributed by atoms with E-state index >= 15 is 0 Å². The van der Waals surface area contributed by atoms with Crippen molar-refractivity contribution in [3.63, 3.8) is 0 Å². The summed E-state index contributed by atoms with van der Waals surface area (Å²) in [6, 6.07) is 22.5. The first-order valence-electron chi connectivity index (χ1n) is 13.0. The number of nitrogens with zero attached hydrogens (tertiary/aromatic N) is 2. The van der Waals surface area contributed by atoms with Gasteiger partial charge in [0.05, 0.1) is 4.90 Å². The van der Waals surface area contributed by atoms with Gasteiger partial charge in [-0.1, -0.05) is 86.1 Å². The van der Waals surface area contributed by atoms with Gasteiger partial charge in [0.25, 0.3) is 10.0 Å². The van der Waals surface area contributed by atoms with Crippen molar-refractivity contribution >= 4 is 33.8 Å². The molecule has 0 saturated carbocycles. The molecule has 0 aliphatic rings. The van der Waals surface area contributed by atoms with Crippen LogP contribution in [0.4, 0.5) is 4.79 Å². The molecule has 214 valence electrons. The molecule has 2 N–H and O–H groups in total. The number of ether oxygens (including phenoxy) is 1. The molecule has 9 nitrogen and oxygen atoms in total.